The van der Waals surface area contributed by atoms with E-state index in [2.05, 4.69) is 10.6 Å². The highest BCUT2D eigenvalue weighted by molar-refractivity contribution is 8.13. The minimum absolute atomic E-state index is 0.0824. The van der Waals surface area contributed by atoms with Gasteiger partial charge in [0.25, 0.3) is 0 Å². The molecule has 3 atom stereocenters. The molecular weight excluding hydrogens is 428 g/mol. The highest BCUT2D eigenvalue weighted by Crippen LogP contribution is 2.24. The van der Waals surface area contributed by atoms with Gasteiger partial charge in [-0.2, -0.15) is 0 Å². The quantitative estimate of drug-likeness (QED) is 0.562. The fourth-order valence-corrected chi connectivity index (χ4v) is 4.45. The highest BCUT2D eigenvalue weighted by Gasteiger charge is 2.35. The van der Waals surface area contributed by atoms with E-state index in [1.165, 1.54) is 6.92 Å². The number of para-hydroxylation sites is 1. The number of rotatable bonds is 8. The van der Waals surface area contributed by atoms with Crippen LogP contribution in [0.15, 0.2) is 54.6 Å². The summed E-state index contributed by atoms with van der Waals surface area (Å²) >= 11 is 1.08. The Bertz CT molecular complexity index is 995. The van der Waals surface area contributed by atoms with Crippen molar-refractivity contribution >= 4 is 40.2 Å². The zero-order chi connectivity index (χ0) is 23.1. The van der Waals surface area contributed by atoms with Crippen LogP contribution in [0.1, 0.15) is 24.5 Å². The molecule has 0 saturated carbocycles. The minimum atomic E-state index is -1.10. The number of carbonyl (C=O) groups is 4. The number of hydrogen-bond donors (Lipinski definition) is 3. The zero-order valence-corrected chi connectivity index (χ0v) is 18.6. The van der Waals surface area contributed by atoms with Crippen LogP contribution in [0.2, 0.25) is 0 Å². The van der Waals surface area contributed by atoms with E-state index in [9.17, 15) is 24.3 Å². The van der Waals surface area contributed by atoms with Gasteiger partial charge in [-0.15, -0.1) is 0 Å². The molecule has 0 spiro atoms. The largest absolute Gasteiger partial charge is 0.481 e. The van der Waals surface area contributed by atoms with E-state index < -0.39 is 24.0 Å². The molecule has 168 valence electrons. The number of hydrogen-bond acceptors (Lipinski definition) is 6. The molecule has 1 aliphatic heterocycles. The number of anilines is 1. The lowest BCUT2D eigenvalue weighted by Gasteiger charge is -2.23. The Labute approximate surface area is 191 Å². The molecule has 3 N–H and O–H groups in total. The average molecular weight is 455 g/mol. The van der Waals surface area contributed by atoms with Crippen molar-refractivity contribution in [3.63, 3.8) is 0 Å². The number of carbonyl (C=O) groups excluding carboxylic acids is 3. The predicted molar refractivity (Wildman–Crippen MR) is 124 cm³/mol. The summed E-state index contributed by atoms with van der Waals surface area (Å²) < 4.78 is 0. The Balaban J connectivity index is 1.81. The van der Waals surface area contributed by atoms with Gasteiger partial charge in [-0.25, -0.2) is 0 Å². The smallest absolute Gasteiger partial charge is 0.305 e. The molecule has 0 fully saturated rings. The Morgan fingerprint density at radius 1 is 1.12 bits per heavy atom. The summed E-state index contributed by atoms with van der Waals surface area (Å²) in [6.45, 7) is 1.45. The summed E-state index contributed by atoms with van der Waals surface area (Å²) in [6, 6.07) is 15.0. The Kier molecular flexibility index (Phi) is 8.05. The van der Waals surface area contributed by atoms with Crippen LogP contribution < -0.4 is 10.6 Å². The topological polar surface area (TPSA) is 113 Å². The predicted octanol–water partition coefficient (Wildman–Crippen LogP) is 2.69. The maximum Gasteiger partial charge on any atom is 0.305 e. The van der Waals surface area contributed by atoms with Gasteiger partial charge in [-0.1, -0.05) is 60.3 Å². The van der Waals surface area contributed by atoms with Crippen molar-refractivity contribution < 1.29 is 24.3 Å². The number of Topliss-reactive ketones (excluding diaryl/α,β-unsaturated/α-hetero) is 1. The third kappa shape index (κ3) is 6.43. The summed E-state index contributed by atoms with van der Waals surface area (Å²) in [7, 11) is 0. The third-order valence-corrected chi connectivity index (χ3v) is 6.31. The highest BCUT2D eigenvalue weighted by atomic mass is 32.2. The van der Waals surface area contributed by atoms with Crippen LogP contribution in [0.3, 0.4) is 0 Å². The van der Waals surface area contributed by atoms with E-state index in [1.54, 1.807) is 6.07 Å². The molecule has 7 nitrogen and oxygen atoms in total. The van der Waals surface area contributed by atoms with E-state index in [4.69, 9.17) is 0 Å². The monoisotopic (exact) mass is 454 g/mol. The van der Waals surface area contributed by atoms with Gasteiger partial charge in [-0.05, 0) is 23.6 Å². The van der Waals surface area contributed by atoms with Crippen LogP contribution in [-0.4, -0.2) is 45.7 Å². The molecule has 1 unspecified atom stereocenters. The van der Waals surface area contributed by atoms with E-state index in [-0.39, 0.29) is 29.6 Å². The normalized spacial score (nSPS) is 18.6. The molecule has 0 radical (unpaired) electrons. The van der Waals surface area contributed by atoms with Crippen molar-refractivity contribution in [1.82, 2.24) is 5.32 Å². The molecule has 2 aromatic carbocycles. The van der Waals surface area contributed by atoms with Crippen molar-refractivity contribution in [2.45, 2.75) is 38.3 Å². The van der Waals surface area contributed by atoms with Gasteiger partial charge in [0.2, 0.25) is 5.91 Å². The molecule has 1 aliphatic rings. The van der Waals surface area contributed by atoms with Crippen molar-refractivity contribution in [1.29, 1.82) is 0 Å². The zero-order valence-electron chi connectivity index (χ0n) is 17.7. The summed E-state index contributed by atoms with van der Waals surface area (Å²) in [4.78, 5) is 49.2. The minimum Gasteiger partial charge on any atom is -0.481 e. The summed E-state index contributed by atoms with van der Waals surface area (Å²) in [5, 5.41) is 15.0. The van der Waals surface area contributed by atoms with Crippen molar-refractivity contribution in [3.8, 4) is 0 Å². The van der Waals surface area contributed by atoms with Gasteiger partial charge < -0.3 is 15.7 Å². The number of carboxylic acids is 1. The van der Waals surface area contributed by atoms with E-state index >= 15 is 0 Å². The molecule has 1 amide bonds. The molecule has 3 rings (SSSR count). The van der Waals surface area contributed by atoms with Gasteiger partial charge in [0, 0.05) is 24.8 Å². The van der Waals surface area contributed by atoms with E-state index in [0.717, 1.165) is 22.9 Å². The molecule has 0 bridgehead atoms. The maximum atomic E-state index is 13.2. The van der Waals surface area contributed by atoms with Gasteiger partial charge in [-0.3, -0.25) is 19.2 Å². The fraction of sp³-hybridized carbons (Fsp3) is 0.333. The molecule has 0 saturated heterocycles. The molecule has 2 aromatic rings. The number of fused-ring (bicyclic) bond motifs is 1. The standard InChI is InChI=1S/C24H26N2O5S/c1-15(27)32-14-18(11-16-7-3-2-4-8-16)24(31)26-20-12-17-9-5-6-10-19(17)25-21(23(20)30)13-22(28)29/h2-10,18,20-21,25H,11-14H2,1H3,(H,26,31)(H,28,29)/t18?,20-,21-/m0/s1. The van der Waals surface area contributed by atoms with E-state index in [1.807, 2.05) is 48.5 Å². The second kappa shape index (κ2) is 10.9. The first kappa shape index (κ1) is 23.5. The van der Waals surface area contributed by atoms with Crippen LogP contribution >= 0.6 is 11.8 Å². The first-order chi connectivity index (χ1) is 15.3. The second-order valence-electron chi connectivity index (χ2n) is 7.81. The van der Waals surface area contributed by atoms with Crippen molar-refractivity contribution in [2.24, 2.45) is 5.92 Å². The molecule has 32 heavy (non-hydrogen) atoms. The Hall–Kier alpha value is -3.13. The number of benzene rings is 2. The van der Waals surface area contributed by atoms with Crippen LogP contribution in [-0.2, 0) is 32.0 Å². The molecule has 0 aromatic heterocycles. The summed E-state index contributed by atoms with van der Waals surface area (Å²) in [6.07, 6.45) is 0.316. The lowest BCUT2D eigenvalue weighted by Crippen LogP contribution is -2.50. The number of amides is 1. The Morgan fingerprint density at radius 3 is 2.50 bits per heavy atom. The third-order valence-electron chi connectivity index (χ3n) is 5.34. The first-order valence-electron chi connectivity index (χ1n) is 10.4. The molecule has 8 heteroatoms. The number of thioether (sulfide) groups is 1. The number of ketones is 1. The number of nitrogens with one attached hydrogen (secondary N) is 2. The SMILES string of the molecule is CC(=O)SCC(Cc1ccccc1)C(=O)N[C@H]1Cc2ccccc2N[C@@H](CC(=O)O)C1=O. The summed E-state index contributed by atoms with van der Waals surface area (Å²) in [5.41, 5.74) is 2.48. The van der Waals surface area contributed by atoms with Crippen molar-refractivity contribution in [3.05, 3.63) is 65.7 Å². The van der Waals surface area contributed by atoms with E-state index in [0.29, 0.717) is 17.9 Å². The first-order valence-corrected chi connectivity index (χ1v) is 11.4. The van der Waals surface area contributed by atoms with Gasteiger partial charge in [0.1, 0.15) is 0 Å². The van der Waals surface area contributed by atoms with Crippen LogP contribution in [0, 0.1) is 5.92 Å². The Morgan fingerprint density at radius 2 is 1.81 bits per heavy atom. The number of carboxylic acid groups (broad SMARTS) is 1. The number of aliphatic carboxylic acids is 1. The van der Waals surface area contributed by atoms with Crippen LogP contribution in [0.4, 0.5) is 5.69 Å². The molecule has 0 aliphatic carbocycles. The van der Waals surface area contributed by atoms with Crippen LogP contribution in [0.25, 0.3) is 0 Å². The molecular formula is C24H26N2O5S. The second-order valence-corrected chi connectivity index (χ2v) is 9.01. The average Bonchev–Trinajstić information content (AvgIpc) is 2.88. The van der Waals surface area contributed by atoms with Gasteiger partial charge in [0.15, 0.2) is 10.9 Å². The van der Waals surface area contributed by atoms with Crippen molar-refractivity contribution in [2.75, 3.05) is 11.1 Å². The van der Waals surface area contributed by atoms with Crippen LogP contribution in [0.5, 0.6) is 0 Å². The molecule has 1 heterocycles. The lowest BCUT2D eigenvalue weighted by molar-refractivity contribution is -0.139. The van der Waals surface area contributed by atoms with Gasteiger partial charge >= 0.3 is 5.97 Å². The summed E-state index contributed by atoms with van der Waals surface area (Å²) in [5.74, 6) is -2.00. The fourth-order valence-electron chi connectivity index (χ4n) is 3.74. The maximum absolute atomic E-state index is 13.2. The lowest BCUT2D eigenvalue weighted by atomic mass is 9.96. The van der Waals surface area contributed by atoms with Gasteiger partial charge in [0.05, 0.1) is 24.4 Å².